The maximum atomic E-state index is 9.88. The Morgan fingerprint density at radius 1 is 1.38 bits per heavy atom. The van der Waals surface area contributed by atoms with Crippen molar-refractivity contribution in [2.75, 3.05) is 5.88 Å². The van der Waals surface area contributed by atoms with Crippen LogP contribution in [-0.2, 0) is 5.60 Å². The summed E-state index contributed by atoms with van der Waals surface area (Å²) in [4.78, 5) is 0. The maximum absolute atomic E-state index is 9.88. The maximum Gasteiger partial charge on any atom is 0.148 e. The predicted octanol–water partition coefficient (Wildman–Crippen LogP) is 2.14. The average molecular weight is 195 g/mol. The van der Waals surface area contributed by atoms with Crippen molar-refractivity contribution in [2.45, 2.75) is 12.5 Å². The highest BCUT2D eigenvalue weighted by molar-refractivity contribution is 6.19. The summed E-state index contributed by atoms with van der Waals surface area (Å²) in [7, 11) is 0. The molecule has 13 heavy (non-hydrogen) atoms. The minimum Gasteiger partial charge on any atom is -0.374 e. The zero-order chi connectivity index (χ0) is 9.73. The molecule has 0 saturated heterocycles. The fourth-order valence-corrected chi connectivity index (χ4v) is 1.11. The van der Waals surface area contributed by atoms with E-state index in [0.717, 1.165) is 5.56 Å². The minimum atomic E-state index is -1.10. The Labute approximate surface area is 83.4 Å². The molecule has 0 bridgehead atoms. The molecule has 0 aliphatic carbocycles. The molecule has 0 spiro atoms. The third kappa shape index (κ3) is 2.77. The molecule has 1 atom stereocenters. The van der Waals surface area contributed by atoms with Gasteiger partial charge in [0.05, 0.1) is 5.88 Å². The summed E-state index contributed by atoms with van der Waals surface area (Å²) in [6, 6.07) is 9.30. The fourth-order valence-electron chi connectivity index (χ4n) is 1.04. The SMILES string of the molecule is CC(O)(C#CCCl)c1ccccc1. The molecule has 0 heterocycles. The first kappa shape index (κ1) is 10.1. The van der Waals surface area contributed by atoms with Gasteiger partial charge in [-0.05, 0) is 12.5 Å². The van der Waals surface area contributed by atoms with Gasteiger partial charge in [0.15, 0.2) is 0 Å². The molecule has 1 unspecified atom stereocenters. The predicted molar refractivity (Wildman–Crippen MR) is 54.5 cm³/mol. The van der Waals surface area contributed by atoms with Crippen LogP contribution in [0.3, 0.4) is 0 Å². The summed E-state index contributed by atoms with van der Waals surface area (Å²) in [6.07, 6.45) is 0. The Kier molecular flexibility index (Phi) is 3.36. The van der Waals surface area contributed by atoms with Crippen LogP contribution in [0.5, 0.6) is 0 Å². The lowest BCUT2D eigenvalue weighted by atomic mass is 9.97. The molecule has 1 nitrogen and oxygen atoms in total. The number of hydrogen-bond donors (Lipinski definition) is 1. The van der Waals surface area contributed by atoms with E-state index in [0.29, 0.717) is 0 Å². The van der Waals surface area contributed by atoms with E-state index in [1.165, 1.54) is 0 Å². The van der Waals surface area contributed by atoms with Crippen LogP contribution in [0.1, 0.15) is 12.5 Å². The molecule has 2 heteroatoms. The highest BCUT2D eigenvalue weighted by Gasteiger charge is 2.18. The van der Waals surface area contributed by atoms with Crippen LogP contribution in [0.4, 0.5) is 0 Å². The van der Waals surface area contributed by atoms with Crippen molar-refractivity contribution in [3.05, 3.63) is 35.9 Å². The lowest BCUT2D eigenvalue weighted by Crippen LogP contribution is -2.18. The normalized spacial score (nSPS) is 14.1. The van der Waals surface area contributed by atoms with Gasteiger partial charge in [-0.25, -0.2) is 0 Å². The number of alkyl halides is 1. The van der Waals surface area contributed by atoms with Crippen molar-refractivity contribution in [2.24, 2.45) is 0 Å². The van der Waals surface area contributed by atoms with Gasteiger partial charge in [-0.2, -0.15) is 0 Å². The number of benzene rings is 1. The topological polar surface area (TPSA) is 20.2 Å². The number of aliphatic hydroxyl groups is 1. The lowest BCUT2D eigenvalue weighted by Gasteiger charge is -2.16. The zero-order valence-corrected chi connectivity index (χ0v) is 8.17. The number of hydrogen-bond acceptors (Lipinski definition) is 1. The summed E-state index contributed by atoms with van der Waals surface area (Å²) in [5.41, 5.74) is -0.316. The highest BCUT2D eigenvalue weighted by atomic mass is 35.5. The molecule has 0 aliphatic heterocycles. The van der Waals surface area contributed by atoms with Gasteiger partial charge in [0.25, 0.3) is 0 Å². The average Bonchev–Trinajstić information content (AvgIpc) is 2.16. The Balaban J connectivity index is 2.94. The molecule has 0 aliphatic rings. The Hall–Kier alpha value is -0.970. The molecule has 68 valence electrons. The zero-order valence-electron chi connectivity index (χ0n) is 7.42. The standard InChI is InChI=1S/C11H11ClO/c1-11(13,8-5-9-12)10-6-3-2-4-7-10/h2-4,6-7,13H,9H2,1H3. The van der Waals surface area contributed by atoms with Gasteiger partial charge in [0.1, 0.15) is 5.60 Å². The van der Waals surface area contributed by atoms with Crippen molar-refractivity contribution in [3.8, 4) is 11.8 Å². The van der Waals surface area contributed by atoms with E-state index in [1.807, 2.05) is 30.3 Å². The second-order valence-electron chi connectivity index (χ2n) is 2.87. The van der Waals surface area contributed by atoms with Gasteiger partial charge in [0, 0.05) is 0 Å². The quantitative estimate of drug-likeness (QED) is 0.537. The van der Waals surface area contributed by atoms with E-state index in [9.17, 15) is 5.11 Å². The van der Waals surface area contributed by atoms with Crippen LogP contribution in [-0.4, -0.2) is 11.0 Å². The van der Waals surface area contributed by atoms with Crippen LogP contribution >= 0.6 is 11.6 Å². The van der Waals surface area contributed by atoms with Crippen molar-refractivity contribution in [1.82, 2.24) is 0 Å². The molecule has 1 N–H and O–H groups in total. The molecular weight excluding hydrogens is 184 g/mol. The second-order valence-corrected chi connectivity index (χ2v) is 3.14. The van der Waals surface area contributed by atoms with E-state index in [-0.39, 0.29) is 5.88 Å². The van der Waals surface area contributed by atoms with Crippen molar-refractivity contribution in [3.63, 3.8) is 0 Å². The monoisotopic (exact) mass is 194 g/mol. The van der Waals surface area contributed by atoms with E-state index >= 15 is 0 Å². The Morgan fingerprint density at radius 2 is 2.00 bits per heavy atom. The van der Waals surface area contributed by atoms with Crippen LogP contribution < -0.4 is 0 Å². The molecule has 1 aromatic carbocycles. The van der Waals surface area contributed by atoms with Crippen LogP contribution in [0.25, 0.3) is 0 Å². The van der Waals surface area contributed by atoms with E-state index in [1.54, 1.807) is 6.92 Å². The molecule has 0 saturated carbocycles. The van der Waals surface area contributed by atoms with Gasteiger partial charge < -0.3 is 5.11 Å². The van der Waals surface area contributed by atoms with E-state index in [2.05, 4.69) is 11.8 Å². The van der Waals surface area contributed by atoms with Crippen LogP contribution in [0, 0.1) is 11.8 Å². The first-order chi connectivity index (χ1) is 6.17. The van der Waals surface area contributed by atoms with Crippen molar-refractivity contribution < 1.29 is 5.11 Å². The van der Waals surface area contributed by atoms with E-state index in [4.69, 9.17) is 11.6 Å². The molecule has 0 amide bonds. The molecule has 0 aromatic heterocycles. The molecular formula is C11H11ClO. The Morgan fingerprint density at radius 3 is 2.54 bits per heavy atom. The van der Waals surface area contributed by atoms with Crippen LogP contribution in [0.2, 0.25) is 0 Å². The van der Waals surface area contributed by atoms with Gasteiger partial charge >= 0.3 is 0 Å². The minimum absolute atomic E-state index is 0.239. The fraction of sp³-hybridized carbons (Fsp3) is 0.273. The first-order valence-electron chi connectivity index (χ1n) is 4.01. The van der Waals surface area contributed by atoms with E-state index < -0.39 is 5.60 Å². The number of halogens is 1. The summed E-state index contributed by atoms with van der Waals surface area (Å²) in [6.45, 7) is 1.65. The second kappa shape index (κ2) is 4.32. The van der Waals surface area contributed by atoms with Crippen LogP contribution in [0.15, 0.2) is 30.3 Å². The third-order valence-corrected chi connectivity index (χ3v) is 1.87. The largest absolute Gasteiger partial charge is 0.374 e. The Bertz CT molecular complexity index is 319. The van der Waals surface area contributed by atoms with Gasteiger partial charge in [0.2, 0.25) is 0 Å². The lowest BCUT2D eigenvalue weighted by molar-refractivity contribution is 0.122. The van der Waals surface area contributed by atoms with Crippen molar-refractivity contribution in [1.29, 1.82) is 0 Å². The smallest absolute Gasteiger partial charge is 0.148 e. The van der Waals surface area contributed by atoms with Gasteiger partial charge in [-0.3, -0.25) is 0 Å². The summed E-state index contributed by atoms with van der Waals surface area (Å²) in [5.74, 6) is 5.59. The molecule has 1 aromatic rings. The highest BCUT2D eigenvalue weighted by Crippen LogP contribution is 2.18. The third-order valence-electron chi connectivity index (χ3n) is 1.73. The number of rotatable bonds is 1. The van der Waals surface area contributed by atoms with Crippen molar-refractivity contribution >= 4 is 11.6 Å². The summed E-state index contributed by atoms with van der Waals surface area (Å²) in [5, 5.41) is 9.88. The molecule has 1 rings (SSSR count). The molecule has 0 radical (unpaired) electrons. The summed E-state index contributed by atoms with van der Waals surface area (Å²) < 4.78 is 0. The van der Waals surface area contributed by atoms with Gasteiger partial charge in [-0.15, -0.1) is 11.6 Å². The molecule has 0 fully saturated rings. The first-order valence-corrected chi connectivity index (χ1v) is 4.54. The van der Waals surface area contributed by atoms with Gasteiger partial charge in [-0.1, -0.05) is 42.2 Å². The summed E-state index contributed by atoms with van der Waals surface area (Å²) >= 11 is 5.41.